The lowest BCUT2D eigenvalue weighted by Gasteiger charge is -2.48. The minimum absolute atomic E-state index is 0.301. The lowest BCUT2D eigenvalue weighted by Crippen LogP contribution is -2.61. The SMILES string of the molecule is CC(C)(C)OC(=O)N1CCC2(CC1)OC1(CN)CC2(C(N)=O)C1. The van der Waals surface area contributed by atoms with Gasteiger partial charge in [0, 0.05) is 19.6 Å². The molecule has 2 bridgehead atoms. The van der Waals surface area contributed by atoms with Crippen molar-refractivity contribution in [1.82, 2.24) is 4.90 Å². The van der Waals surface area contributed by atoms with Crippen molar-refractivity contribution >= 4 is 12.0 Å². The van der Waals surface area contributed by atoms with Crippen molar-refractivity contribution < 1.29 is 19.1 Å². The summed E-state index contributed by atoms with van der Waals surface area (Å²) in [6.07, 6.45) is 2.09. The van der Waals surface area contributed by atoms with E-state index in [9.17, 15) is 9.59 Å². The molecule has 1 aliphatic carbocycles. The van der Waals surface area contributed by atoms with Crippen LogP contribution in [-0.2, 0) is 14.3 Å². The molecule has 7 nitrogen and oxygen atoms in total. The zero-order valence-corrected chi connectivity index (χ0v) is 14.2. The maximum absolute atomic E-state index is 12.2. The van der Waals surface area contributed by atoms with Crippen molar-refractivity contribution in [2.24, 2.45) is 16.9 Å². The monoisotopic (exact) mass is 325 g/mol. The first-order valence-corrected chi connectivity index (χ1v) is 8.25. The molecule has 130 valence electrons. The van der Waals surface area contributed by atoms with E-state index in [2.05, 4.69) is 0 Å². The molecule has 4 fully saturated rings. The number of carbonyl (C=O) groups excluding carboxylic acids is 2. The van der Waals surface area contributed by atoms with Gasteiger partial charge in [-0.1, -0.05) is 0 Å². The average Bonchev–Trinajstić information content (AvgIpc) is 2.82. The van der Waals surface area contributed by atoms with Crippen LogP contribution in [0.2, 0.25) is 0 Å². The standard InChI is InChI=1S/C16H27N3O4/c1-13(2,3)22-12(21)19-6-4-16(5-7-19)15(11(18)20)8-14(9-15,10-17)23-16/h4-10,17H2,1-3H3,(H2,18,20). The first-order chi connectivity index (χ1) is 10.6. The normalized spacial score (nSPS) is 35.0. The highest BCUT2D eigenvalue weighted by molar-refractivity contribution is 5.85. The predicted molar refractivity (Wildman–Crippen MR) is 83.5 cm³/mol. The molecule has 0 aromatic heterocycles. The van der Waals surface area contributed by atoms with Crippen LogP contribution in [-0.4, -0.2) is 53.3 Å². The van der Waals surface area contributed by atoms with E-state index in [0.29, 0.717) is 45.3 Å². The van der Waals surface area contributed by atoms with Crippen LogP contribution in [0.1, 0.15) is 46.5 Å². The van der Waals surface area contributed by atoms with Crippen molar-refractivity contribution in [3.05, 3.63) is 0 Å². The molecule has 23 heavy (non-hydrogen) atoms. The minimum Gasteiger partial charge on any atom is -0.444 e. The Bertz CT molecular complexity index is 526. The molecule has 3 aliphatic heterocycles. The number of hydrogen-bond acceptors (Lipinski definition) is 5. The number of carbonyl (C=O) groups is 2. The van der Waals surface area contributed by atoms with Gasteiger partial charge in [-0.3, -0.25) is 4.79 Å². The van der Waals surface area contributed by atoms with E-state index in [1.807, 2.05) is 20.8 Å². The second-order valence-corrected chi connectivity index (χ2v) is 8.25. The summed E-state index contributed by atoms with van der Waals surface area (Å²) in [4.78, 5) is 26.0. The summed E-state index contributed by atoms with van der Waals surface area (Å²) >= 11 is 0. The Morgan fingerprint density at radius 3 is 2.22 bits per heavy atom. The van der Waals surface area contributed by atoms with E-state index >= 15 is 0 Å². The van der Waals surface area contributed by atoms with Gasteiger partial charge in [-0.2, -0.15) is 0 Å². The topological polar surface area (TPSA) is 108 Å². The highest BCUT2D eigenvalue weighted by Crippen LogP contribution is 2.68. The van der Waals surface area contributed by atoms with Gasteiger partial charge in [0.05, 0.1) is 16.6 Å². The molecular weight excluding hydrogens is 298 g/mol. The Hall–Kier alpha value is -1.34. The molecule has 0 unspecified atom stereocenters. The fourth-order valence-corrected chi connectivity index (χ4v) is 4.50. The highest BCUT2D eigenvalue weighted by atomic mass is 16.6. The number of primary amides is 1. The lowest BCUT2D eigenvalue weighted by molar-refractivity contribution is -0.138. The molecule has 4 aliphatic rings. The summed E-state index contributed by atoms with van der Waals surface area (Å²) in [7, 11) is 0. The molecule has 0 radical (unpaired) electrons. The van der Waals surface area contributed by atoms with Gasteiger partial charge >= 0.3 is 6.09 Å². The van der Waals surface area contributed by atoms with Crippen LogP contribution in [0.4, 0.5) is 4.79 Å². The Kier molecular flexibility index (Phi) is 3.47. The molecule has 3 heterocycles. The van der Waals surface area contributed by atoms with Crippen LogP contribution in [0.3, 0.4) is 0 Å². The van der Waals surface area contributed by atoms with Crippen LogP contribution in [0.5, 0.6) is 0 Å². The fourth-order valence-electron chi connectivity index (χ4n) is 4.50. The maximum atomic E-state index is 12.2. The van der Waals surface area contributed by atoms with E-state index in [1.54, 1.807) is 4.90 Å². The number of likely N-dealkylation sites (tertiary alicyclic amines) is 1. The fraction of sp³-hybridized carbons (Fsp3) is 0.875. The maximum Gasteiger partial charge on any atom is 0.410 e. The minimum atomic E-state index is -0.619. The van der Waals surface area contributed by atoms with E-state index in [4.69, 9.17) is 20.9 Å². The molecular formula is C16H27N3O4. The number of amides is 2. The van der Waals surface area contributed by atoms with Crippen LogP contribution >= 0.6 is 0 Å². The van der Waals surface area contributed by atoms with Crippen LogP contribution in [0, 0.1) is 5.41 Å². The van der Waals surface area contributed by atoms with Gasteiger partial charge in [0.15, 0.2) is 0 Å². The first-order valence-electron chi connectivity index (χ1n) is 8.25. The molecule has 0 aromatic rings. The van der Waals surface area contributed by atoms with Gasteiger partial charge in [-0.05, 0) is 46.5 Å². The van der Waals surface area contributed by atoms with E-state index in [0.717, 1.165) is 0 Å². The van der Waals surface area contributed by atoms with Crippen molar-refractivity contribution in [2.45, 2.75) is 63.3 Å². The lowest BCUT2D eigenvalue weighted by atomic mass is 9.53. The summed E-state index contributed by atoms with van der Waals surface area (Å²) in [5, 5.41) is 0. The zero-order chi connectivity index (χ0) is 17.1. The van der Waals surface area contributed by atoms with Crippen LogP contribution in [0.25, 0.3) is 0 Å². The molecule has 7 heteroatoms. The Balaban J connectivity index is 1.71. The number of hydrogen-bond donors (Lipinski definition) is 2. The highest BCUT2D eigenvalue weighted by Gasteiger charge is 2.77. The molecule has 4 N–H and O–H groups in total. The second kappa shape index (κ2) is 4.83. The number of nitrogens with two attached hydrogens (primary N) is 2. The second-order valence-electron chi connectivity index (χ2n) is 8.25. The van der Waals surface area contributed by atoms with E-state index < -0.39 is 22.2 Å². The molecule has 0 aromatic carbocycles. The Morgan fingerprint density at radius 2 is 1.78 bits per heavy atom. The Labute approximate surface area is 136 Å². The van der Waals surface area contributed by atoms with Gasteiger partial charge < -0.3 is 25.8 Å². The van der Waals surface area contributed by atoms with Gasteiger partial charge in [0.1, 0.15) is 5.60 Å². The van der Waals surface area contributed by atoms with Crippen LogP contribution in [0.15, 0.2) is 0 Å². The summed E-state index contributed by atoms with van der Waals surface area (Å²) in [5.41, 5.74) is 9.43. The summed E-state index contributed by atoms with van der Waals surface area (Å²) in [6.45, 7) is 6.95. The number of rotatable bonds is 2. The molecule has 1 saturated carbocycles. The largest absolute Gasteiger partial charge is 0.444 e. The summed E-state index contributed by atoms with van der Waals surface area (Å²) in [6, 6.07) is 0. The van der Waals surface area contributed by atoms with Crippen molar-refractivity contribution in [1.29, 1.82) is 0 Å². The third-order valence-corrected chi connectivity index (χ3v) is 5.60. The molecule has 1 spiro atoms. The number of ether oxygens (including phenoxy) is 2. The van der Waals surface area contributed by atoms with E-state index in [-0.39, 0.29) is 12.0 Å². The smallest absolute Gasteiger partial charge is 0.410 e. The molecule has 0 atom stereocenters. The zero-order valence-electron chi connectivity index (χ0n) is 14.2. The molecule has 3 saturated heterocycles. The van der Waals surface area contributed by atoms with Crippen molar-refractivity contribution in [2.75, 3.05) is 19.6 Å². The average molecular weight is 325 g/mol. The van der Waals surface area contributed by atoms with Gasteiger partial charge in [0.25, 0.3) is 0 Å². The number of nitrogens with zero attached hydrogens (tertiary/aromatic N) is 1. The number of piperidine rings is 1. The Morgan fingerprint density at radius 1 is 1.22 bits per heavy atom. The summed E-state index contributed by atoms with van der Waals surface area (Å²) in [5.74, 6) is -0.301. The summed E-state index contributed by atoms with van der Waals surface area (Å²) < 4.78 is 11.7. The van der Waals surface area contributed by atoms with E-state index in [1.165, 1.54) is 0 Å². The quantitative estimate of drug-likeness (QED) is 0.779. The third kappa shape index (κ3) is 2.32. The van der Waals surface area contributed by atoms with Gasteiger partial charge in [-0.15, -0.1) is 0 Å². The first kappa shape index (κ1) is 16.5. The van der Waals surface area contributed by atoms with Gasteiger partial charge in [0.2, 0.25) is 5.91 Å². The van der Waals surface area contributed by atoms with Crippen molar-refractivity contribution in [3.63, 3.8) is 0 Å². The molecule has 2 amide bonds. The molecule has 4 rings (SSSR count). The van der Waals surface area contributed by atoms with Crippen LogP contribution < -0.4 is 11.5 Å². The predicted octanol–water partition coefficient (Wildman–Crippen LogP) is 0.749. The third-order valence-electron chi connectivity index (χ3n) is 5.60. The van der Waals surface area contributed by atoms with Crippen molar-refractivity contribution in [3.8, 4) is 0 Å². The van der Waals surface area contributed by atoms with Gasteiger partial charge in [-0.25, -0.2) is 4.79 Å².